The number of aliphatic hydroxyl groups is 4. The van der Waals surface area contributed by atoms with Crippen molar-refractivity contribution in [2.24, 2.45) is 11.8 Å². The lowest BCUT2D eigenvalue weighted by Gasteiger charge is -2.13. The number of nitrogens with zero attached hydrogens (tertiary/aromatic N) is 1. The van der Waals surface area contributed by atoms with Gasteiger partial charge in [-0.3, -0.25) is 4.98 Å². The van der Waals surface area contributed by atoms with E-state index in [9.17, 15) is 0 Å². The predicted molar refractivity (Wildman–Crippen MR) is 83.0 cm³/mol. The Morgan fingerprint density at radius 1 is 0.773 bits per heavy atom. The molecule has 0 saturated heterocycles. The van der Waals surface area contributed by atoms with E-state index < -0.39 is 0 Å². The highest BCUT2D eigenvalue weighted by molar-refractivity contribution is 5.11. The Kier molecular flexibility index (Phi) is 9.89. The van der Waals surface area contributed by atoms with Crippen LogP contribution in [-0.2, 0) is 13.1 Å². The number of nitrogens with one attached hydrogen (secondary N) is 2. The van der Waals surface area contributed by atoms with Crippen LogP contribution in [-0.4, -0.2) is 64.9 Å². The van der Waals surface area contributed by atoms with Gasteiger partial charge < -0.3 is 31.1 Å². The third kappa shape index (κ3) is 7.26. The van der Waals surface area contributed by atoms with E-state index >= 15 is 0 Å². The van der Waals surface area contributed by atoms with Crippen LogP contribution in [0.4, 0.5) is 0 Å². The molecule has 1 heterocycles. The summed E-state index contributed by atoms with van der Waals surface area (Å²) in [5.74, 6) is -0.308. The van der Waals surface area contributed by atoms with Crippen molar-refractivity contribution in [3.8, 4) is 0 Å². The Labute approximate surface area is 131 Å². The number of rotatable bonds is 12. The second-order valence-corrected chi connectivity index (χ2v) is 5.34. The maximum Gasteiger partial charge on any atom is 0.0545 e. The summed E-state index contributed by atoms with van der Waals surface area (Å²) in [4.78, 5) is 4.49. The minimum Gasteiger partial charge on any atom is -0.396 e. The molecule has 0 atom stereocenters. The van der Waals surface area contributed by atoms with Crippen LogP contribution in [0.15, 0.2) is 18.2 Å². The zero-order valence-corrected chi connectivity index (χ0v) is 12.8. The topological polar surface area (TPSA) is 118 Å². The van der Waals surface area contributed by atoms with E-state index in [1.807, 2.05) is 18.2 Å². The van der Waals surface area contributed by atoms with E-state index in [0.29, 0.717) is 26.2 Å². The van der Waals surface area contributed by atoms with Crippen molar-refractivity contribution >= 4 is 0 Å². The number of hydrogen-bond acceptors (Lipinski definition) is 7. The summed E-state index contributed by atoms with van der Waals surface area (Å²) in [6.45, 7) is 2.03. The van der Waals surface area contributed by atoms with Gasteiger partial charge in [0.15, 0.2) is 0 Å². The smallest absolute Gasteiger partial charge is 0.0545 e. The molecule has 0 aliphatic rings. The lowest BCUT2D eigenvalue weighted by atomic mass is 10.2. The van der Waals surface area contributed by atoms with E-state index in [-0.39, 0.29) is 38.3 Å². The molecular weight excluding hydrogens is 286 g/mol. The van der Waals surface area contributed by atoms with E-state index in [1.54, 1.807) is 0 Å². The van der Waals surface area contributed by atoms with Gasteiger partial charge in [-0.05, 0) is 12.1 Å². The number of aliphatic hydroxyl groups excluding tert-OH is 4. The Hall–Kier alpha value is -1.09. The molecule has 0 aliphatic heterocycles. The highest BCUT2D eigenvalue weighted by atomic mass is 16.3. The third-order valence-corrected chi connectivity index (χ3v) is 3.38. The van der Waals surface area contributed by atoms with Gasteiger partial charge in [0.2, 0.25) is 0 Å². The summed E-state index contributed by atoms with van der Waals surface area (Å²) in [5, 5.41) is 42.3. The Balaban J connectivity index is 2.35. The molecule has 0 unspecified atom stereocenters. The van der Waals surface area contributed by atoms with Crippen LogP contribution in [0, 0.1) is 11.8 Å². The zero-order chi connectivity index (χ0) is 16.2. The van der Waals surface area contributed by atoms with Gasteiger partial charge in [-0.2, -0.15) is 0 Å². The molecule has 0 radical (unpaired) electrons. The Morgan fingerprint density at radius 2 is 1.18 bits per heavy atom. The SMILES string of the molecule is OCC(CO)CNCc1cccc(CNCC(CO)CO)n1. The fraction of sp³-hybridized carbons (Fsp3) is 0.667. The lowest BCUT2D eigenvalue weighted by Crippen LogP contribution is -2.28. The number of hydrogen-bond donors (Lipinski definition) is 6. The van der Waals surface area contributed by atoms with Crippen molar-refractivity contribution in [1.29, 1.82) is 0 Å². The molecule has 1 rings (SSSR count). The van der Waals surface area contributed by atoms with Crippen LogP contribution in [0.3, 0.4) is 0 Å². The van der Waals surface area contributed by atoms with Gasteiger partial charge in [-0.1, -0.05) is 6.07 Å². The molecule has 7 heteroatoms. The molecule has 7 nitrogen and oxygen atoms in total. The molecule has 0 amide bonds. The lowest BCUT2D eigenvalue weighted by molar-refractivity contribution is 0.148. The second-order valence-electron chi connectivity index (χ2n) is 5.34. The molecule has 0 saturated carbocycles. The van der Waals surface area contributed by atoms with Crippen molar-refractivity contribution in [3.05, 3.63) is 29.6 Å². The first-order valence-electron chi connectivity index (χ1n) is 7.53. The third-order valence-electron chi connectivity index (χ3n) is 3.38. The van der Waals surface area contributed by atoms with Crippen molar-refractivity contribution < 1.29 is 20.4 Å². The van der Waals surface area contributed by atoms with E-state index in [0.717, 1.165) is 11.4 Å². The monoisotopic (exact) mass is 313 g/mol. The minimum atomic E-state index is -0.154. The van der Waals surface area contributed by atoms with Crippen LogP contribution in [0.5, 0.6) is 0 Å². The minimum absolute atomic E-state index is 0.0439. The first-order chi connectivity index (χ1) is 10.7. The highest BCUT2D eigenvalue weighted by Crippen LogP contribution is 2.01. The van der Waals surface area contributed by atoms with Gasteiger partial charge in [-0.15, -0.1) is 0 Å². The molecule has 1 aromatic rings. The van der Waals surface area contributed by atoms with E-state index in [4.69, 9.17) is 20.4 Å². The zero-order valence-electron chi connectivity index (χ0n) is 12.8. The molecule has 0 aliphatic carbocycles. The molecular formula is C15H27N3O4. The van der Waals surface area contributed by atoms with Gasteiger partial charge in [0, 0.05) is 64.4 Å². The quantitative estimate of drug-likeness (QED) is 0.277. The van der Waals surface area contributed by atoms with Crippen molar-refractivity contribution in [2.45, 2.75) is 13.1 Å². The Morgan fingerprint density at radius 3 is 1.55 bits per heavy atom. The summed E-state index contributed by atoms with van der Waals surface area (Å²) < 4.78 is 0. The molecule has 0 spiro atoms. The summed E-state index contributed by atoms with van der Waals surface area (Å²) >= 11 is 0. The van der Waals surface area contributed by atoms with Crippen LogP contribution in [0.2, 0.25) is 0 Å². The van der Waals surface area contributed by atoms with Gasteiger partial charge in [0.25, 0.3) is 0 Å². The highest BCUT2D eigenvalue weighted by Gasteiger charge is 2.06. The predicted octanol–water partition coefficient (Wildman–Crippen LogP) is -1.54. The largest absolute Gasteiger partial charge is 0.396 e. The molecule has 126 valence electrons. The first-order valence-corrected chi connectivity index (χ1v) is 7.53. The molecule has 6 N–H and O–H groups in total. The average Bonchev–Trinajstić information content (AvgIpc) is 2.56. The molecule has 0 aromatic carbocycles. The van der Waals surface area contributed by atoms with Crippen molar-refractivity contribution in [2.75, 3.05) is 39.5 Å². The number of aromatic nitrogens is 1. The van der Waals surface area contributed by atoms with Crippen LogP contribution >= 0.6 is 0 Å². The maximum atomic E-state index is 8.99. The summed E-state index contributed by atoms with van der Waals surface area (Å²) in [6, 6.07) is 5.74. The van der Waals surface area contributed by atoms with Crippen LogP contribution in [0.1, 0.15) is 11.4 Å². The second kappa shape index (κ2) is 11.5. The summed E-state index contributed by atoms with van der Waals surface area (Å²) in [6.07, 6.45) is 0. The average molecular weight is 313 g/mol. The van der Waals surface area contributed by atoms with E-state index in [2.05, 4.69) is 15.6 Å². The molecule has 22 heavy (non-hydrogen) atoms. The van der Waals surface area contributed by atoms with Gasteiger partial charge in [0.05, 0.1) is 11.4 Å². The normalized spacial score (nSPS) is 11.5. The molecule has 0 fully saturated rings. The summed E-state index contributed by atoms with van der Waals surface area (Å²) in [7, 11) is 0. The maximum absolute atomic E-state index is 8.99. The molecule has 0 bridgehead atoms. The van der Waals surface area contributed by atoms with E-state index in [1.165, 1.54) is 0 Å². The van der Waals surface area contributed by atoms with Crippen LogP contribution < -0.4 is 10.6 Å². The van der Waals surface area contributed by atoms with Crippen LogP contribution in [0.25, 0.3) is 0 Å². The fourth-order valence-corrected chi connectivity index (χ4v) is 1.91. The summed E-state index contributed by atoms with van der Waals surface area (Å²) in [5.41, 5.74) is 1.77. The Bertz CT molecular complexity index is 365. The van der Waals surface area contributed by atoms with Gasteiger partial charge in [0.1, 0.15) is 0 Å². The van der Waals surface area contributed by atoms with Crippen molar-refractivity contribution in [1.82, 2.24) is 15.6 Å². The van der Waals surface area contributed by atoms with Crippen molar-refractivity contribution in [3.63, 3.8) is 0 Å². The fourth-order valence-electron chi connectivity index (χ4n) is 1.91. The van der Waals surface area contributed by atoms with Gasteiger partial charge >= 0.3 is 0 Å². The molecule has 1 aromatic heterocycles. The standard InChI is InChI=1S/C15H27N3O4/c19-8-12(9-20)4-16-6-14-2-1-3-15(18-14)7-17-5-13(10-21)11-22/h1-3,12-13,16-17,19-22H,4-11H2. The first kappa shape index (κ1) is 19.0. The number of pyridine rings is 1. The van der Waals surface area contributed by atoms with Gasteiger partial charge in [-0.25, -0.2) is 0 Å².